The predicted octanol–water partition coefficient (Wildman–Crippen LogP) is 1.52. The largest absolute Gasteiger partial charge is 0.343 e. The van der Waals surface area contributed by atoms with Gasteiger partial charge in [0, 0.05) is 19.5 Å². The van der Waals surface area contributed by atoms with Crippen LogP contribution in [0.2, 0.25) is 0 Å². The summed E-state index contributed by atoms with van der Waals surface area (Å²) < 4.78 is 0. The minimum absolute atomic E-state index is 0.349. The molecule has 82 valence electrons. The van der Waals surface area contributed by atoms with E-state index in [1.165, 1.54) is 19.3 Å². The van der Waals surface area contributed by atoms with E-state index in [2.05, 4.69) is 0 Å². The lowest BCUT2D eigenvalue weighted by atomic mass is 10.1. The highest BCUT2D eigenvalue weighted by molar-refractivity contribution is 5.76. The third-order valence-electron chi connectivity index (χ3n) is 2.80. The molecule has 0 radical (unpaired) electrons. The number of hydrogen-bond donors (Lipinski definition) is 1. The van der Waals surface area contributed by atoms with Gasteiger partial charge in [-0.15, -0.1) is 0 Å². The first kappa shape index (κ1) is 11.5. The number of unbranched alkanes of at least 4 members (excludes halogenated alkanes) is 2. The van der Waals surface area contributed by atoms with E-state index in [1.807, 2.05) is 4.90 Å². The van der Waals surface area contributed by atoms with Crippen LogP contribution in [-0.4, -0.2) is 30.4 Å². The van der Waals surface area contributed by atoms with Crippen LogP contribution in [0.5, 0.6) is 0 Å². The summed E-state index contributed by atoms with van der Waals surface area (Å²) in [6.45, 7) is 2.71. The van der Waals surface area contributed by atoms with Crippen LogP contribution in [0.15, 0.2) is 0 Å². The molecule has 0 unspecified atom stereocenters. The minimum Gasteiger partial charge on any atom is -0.343 e. The third-order valence-corrected chi connectivity index (χ3v) is 2.80. The number of piperidine rings is 1. The summed E-state index contributed by atoms with van der Waals surface area (Å²) >= 11 is 0. The molecule has 1 saturated heterocycles. The van der Waals surface area contributed by atoms with Crippen molar-refractivity contribution in [2.75, 3.05) is 19.6 Å². The quantitative estimate of drug-likeness (QED) is 0.681. The van der Waals surface area contributed by atoms with Crippen molar-refractivity contribution in [1.82, 2.24) is 4.90 Å². The molecule has 1 rings (SSSR count). The highest BCUT2D eigenvalue weighted by Gasteiger charge is 2.15. The van der Waals surface area contributed by atoms with Gasteiger partial charge >= 0.3 is 0 Å². The zero-order chi connectivity index (χ0) is 10.2. The second kappa shape index (κ2) is 6.82. The van der Waals surface area contributed by atoms with Crippen LogP contribution in [0, 0.1) is 0 Å². The highest BCUT2D eigenvalue weighted by atomic mass is 16.2. The number of nitrogens with two attached hydrogens (primary N) is 1. The number of hydrogen-bond acceptors (Lipinski definition) is 2. The van der Waals surface area contributed by atoms with Crippen molar-refractivity contribution >= 4 is 5.91 Å². The Kier molecular flexibility index (Phi) is 5.60. The van der Waals surface area contributed by atoms with Crippen LogP contribution in [0.1, 0.15) is 44.9 Å². The van der Waals surface area contributed by atoms with E-state index in [-0.39, 0.29) is 0 Å². The molecule has 0 saturated carbocycles. The average Bonchev–Trinajstić information content (AvgIpc) is 2.25. The van der Waals surface area contributed by atoms with Crippen LogP contribution < -0.4 is 5.73 Å². The summed E-state index contributed by atoms with van der Waals surface area (Å²) in [5, 5.41) is 0. The van der Waals surface area contributed by atoms with Crippen LogP contribution in [-0.2, 0) is 4.79 Å². The topological polar surface area (TPSA) is 46.3 Å². The summed E-state index contributed by atoms with van der Waals surface area (Å²) in [5.41, 5.74) is 5.39. The maximum atomic E-state index is 11.7. The molecule has 0 aromatic rings. The van der Waals surface area contributed by atoms with Gasteiger partial charge in [-0.25, -0.2) is 0 Å². The molecule has 3 nitrogen and oxygen atoms in total. The zero-order valence-electron chi connectivity index (χ0n) is 9.00. The van der Waals surface area contributed by atoms with Gasteiger partial charge in [0.05, 0.1) is 0 Å². The highest BCUT2D eigenvalue weighted by Crippen LogP contribution is 2.11. The van der Waals surface area contributed by atoms with Gasteiger partial charge in [0.15, 0.2) is 0 Å². The summed E-state index contributed by atoms with van der Waals surface area (Å²) in [7, 11) is 0. The van der Waals surface area contributed by atoms with Gasteiger partial charge in [-0.1, -0.05) is 6.42 Å². The Bertz CT molecular complexity index is 165. The van der Waals surface area contributed by atoms with Gasteiger partial charge in [-0.2, -0.15) is 0 Å². The molecule has 2 N–H and O–H groups in total. The van der Waals surface area contributed by atoms with E-state index in [0.29, 0.717) is 5.91 Å². The Morgan fingerprint density at radius 1 is 1.07 bits per heavy atom. The summed E-state index contributed by atoms with van der Waals surface area (Å²) in [6.07, 6.45) is 7.54. The van der Waals surface area contributed by atoms with Crippen LogP contribution in [0.25, 0.3) is 0 Å². The van der Waals surface area contributed by atoms with Gasteiger partial charge in [0.2, 0.25) is 5.91 Å². The Balaban J connectivity index is 2.07. The lowest BCUT2D eigenvalue weighted by molar-refractivity contribution is -0.132. The molecule has 0 aliphatic carbocycles. The summed E-state index contributed by atoms with van der Waals surface area (Å²) in [4.78, 5) is 13.7. The first-order chi connectivity index (χ1) is 6.84. The zero-order valence-corrected chi connectivity index (χ0v) is 9.00. The molecule has 1 amide bonds. The molecule has 3 heteroatoms. The van der Waals surface area contributed by atoms with Crippen LogP contribution in [0.4, 0.5) is 0 Å². The number of likely N-dealkylation sites (tertiary alicyclic amines) is 1. The average molecular weight is 198 g/mol. The fraction of sp³-hybridized carbons (Fsp3) is 0.909. The van der Waals surface area contributed by atoms with Crippen molar-refractivity contribution in [3.8, 4) is 0 Å². The van der Waals surface area contributed by atoms with Gasteiger partial charge < -0.3 is 10.6 Å². The Labute approximate surface area is 86.6 Å². The molecule has 0 spiro atoms. The lowest BCUT2D eigenvalue weighted by Gasteiger charge is -2.26. The van der Waals surface area contributed by atoms with Crippen molar-refractivity contribution in [3.63, 3.8) is 0 Å². The fourth-order valence-electron chi connectivity index (χ4n) is 1.90. The van der Waals surface area contributed by atoms with E-state index >= 15 is 0 Å². The van der Waals surface area contributed by atoms with Crippen LogP contribution >= 0.6 is 0 Å². The van der Waals surface area contributed by atoms with Gasteiger partial charge in [-0.3, -0.25) is 4.79 Å². The normalized spacial score (nSPS) is 17.1. The Hall–Kier alpha value is -0.570. The fourth-order valence-corrected chi connectivity index (χ4v) is 1.90. The molecular weight excluding hydrogens is 176 g/mol. The molecule has 1 aliphatic rings. The maximum absolute atomic E-state index is 11.7. The molecule has 1 aliphatic heterocycles. The number of carbonyl (C=O) groups is 1. The Morgan fingerprint density at radius 2 is 1.79 bits per heavy atom. The van der Waals surface area contributed by atoms with Crippen molar-refractivity contribution in [1.29, 1.82) is 0 Å². The van der Waals surface area contributed by atoms with Crippen molar-refractivity contribution < 1.29 is 4.79 Å². The third kappa shape index (κ3) is 4.09. The lowest BCUT2D eigenvalue weighted by Crippen LogP contribution is -2.35. The molecule has 1 heterocycles. The predicted molar refractivity (Wildman–Crippen MR) is 58.0 cm³/mol. The molecule has 14 heavy (non-hydrogen) atoms. The number of rotatable bonds is 5. The van der Waals surface area contributed by atoms with Gasteiger partial charge in [0.1, 0.15) is 0 Å². The molecule has 0 aromatic carbocycles. The number of carbonyl (C=O) groups excluding carboxylic acids is 1. The second-order valence-corrected chi connectivity index (χ2v) is 4.04. The second-order valence-electron chi connectivity index (χ2n) is 4.04. The maximum Gasteiger partial charge on any atom is 0.222 e. The van der Waals surface area contributed by atoms with E-state index < -0.39 is 0 Å². The van der Waals surface area contributed by atoms with E-state index in [9.17, 15) is 4.79 Å². The van der Waals surface area contributed by atoms with E-state index in [0.717, 1.165) is 45.3 Å². The van der Waals surface area contributed by atoms with Crippen LogP contribution in [0.3, 0.4) is 0 Å². The molecule has 0 atom stereocenters. The number of amides is 1. The van der Waals surface area contributed by atoms with Crippen molar-refractivity contribution in [2.24, 2.45) is 5.73 Å². The van der Waals surface area contributed by atoms with Crippen molar-refractivity contribution in [3.05, 3.63) is 0 Å². The molecule has 0 bridgehead atoms. The minimum atomic E-state index is 0.349. The standard InChI is InChI=1S/C11H22N2O/c12-8-4-1-3-7-11(14)13-9-5-2-6-10-13/h1-10,12H2. The van der Waals surface area contributed by atoms with Gasteiger partial charge in [0.25, 0.3) is 0 Å². The summed E-state index contributed by atoms with van der Waals surface area (Å²) in [6, 6.07) is 0. The molecular formula is C11H22N2O. The first-order valence-electron chi connectivity index (χ1n) is 5.82. The van der Waals surface area contributed by atoms with Crippen molar-refractivity contribution in [2.45, 2.75) is 44.9 Å². The summed E-state index contributed by atoms with van der Waals surface area (Å²) in [5.74, 6) is 0.349. The Morgan fingerprint density at radius 3 is 2.43 bits per heavy atom. The van der Waals surface area contributed by atoms with Gasteiger partial charge in [-0.05, 0) is 38.6 Å². The monoisotopic (exact) mass is 198 g/mol. The molecule has 0 aromatic heterocycles. The van der Waals surface area contributed by atoms with E-state index in [4.69, 9.17) is 5.73 Å². The first-order valence-corrected chi connectivity index (χ1v) is 5.82. The van der Waals surface area contributed by atoms with E-state index in [1.54, 1.807) is 0 Å². The smallest absolute Gasteiger partial charge is 0.222 e. The SMILES string of the molecule is NCCCCCC(=O)N1CCCCC1. The molecule has 1 fully saturated rings. The number of nitrogens with zero attached hydrogens (tertiary/aromatic N) is 1.